The molecule has 0 bridgehead atoms. The van der Waals surface area contributed by atoms with Crippen LogP contribution < -0.4 is 10.1 Å². The first-order chi connectivity index (χ1) is 15.0. The number of carbonyl (C=O) groups is 1. The molecule has 0 atom stereocenters. The molecule has 1 N–H and O–H groups in total. The van der Waals surface area contributed by atoms with Gasteiger partial charge in [0.1, 0.15) is 11.6 Å². The third kappa shape index (κ3) is 4.49. The lowest BCUT2D eigenvalue weighted by Gasteiger charge is -2.27. The number of fused-ring (bicyclic) bond motifs is 1. The lowest BCUT2D eigenvalue weighted by Crippen LogP contribution is -2.31. The minimum absolute atomic E-state index is 0.0169. The number of aromatic nitrogens is 2. The number of amides is 1. The molecule has 0 saturated carbocycles. The SMILES string of the molecule is COc1ccccc1CN1CCc2nc(-c3cccc(NC(=O)C(C)C)c3)n(C)c2C1. The standard InChI is InChI=1S/C25H30N4O2/c1-17(2)25(30)26-20-10-7-9-18(14-20)24-27-21-12-13-29(16-22(21)28(24)3)15-19-8-5-6-11-23(19)31-4/h5-11,14,17H,12-13,15-16H2,1-4H3,(H,26,30). The average molecular weight is 419 g/mol. The molecule has 6 heteroatoms. The summed E-state index contributed by atoms with van der Waals surface area (Å²) in [5.74, 6) is 1.82. The van der Waals surface area contributed by atoms with Crippen LogP contribution in [0.2, 0.25) is 0 Å². The second-order valence-electron chi connectivity index (χ2n) is 8.39. The van der Waals surface area contributed by atoms with Gasteiger partial charge >= 0.3 is 0 Å². The first-order valence-electron chi connectivity index (χ1n) is 10.8. The largest absolute Gasteiger partial charge is 0.496 e. The van der Waals surface area contributed by atoms with E-state index in [-0.39, 0.29) is 11.8 Å². The van der Waals surface area contributed by atoms with E-state index in [2.05, 4.69) is 34.0 Å². The van der Waals surface area contributed by atoms with Gasteiger partial charge in [0.2, 0.25) is 5.91 Å². The summed E-state index contributed by atoms with van der Waals surface area (Å²) in [4.78, 5) is 19.5. The van der Waals surface area contributed by atoms with Crippen molar-refractivity contribution < 1.29 is 9.53 Å². The van der Waals surface area contributed by atoms with Gasteiger partial charge in [-0.05, 0) is 18.2 Å². The van der Waals surface area contributed by atoms with E-state index in [0.29, 0.717) is 0 Å². The number of imidazole rings is 1. The van der Waals surface area contributed by atoms with Crippen molar-refractivity contribution in [3.63, 3.8) is 0 Å². The van der Waals surface area contributed by atoms with Crippen LogP contribution in [0, 0.1) is 5.92 Å². The van der Waals surface area contributed by atoms with Crippen molar-refractivity contribution in [1.29, 1.82) is 0 Å². The number of benzene rings is 2. The molecule has 2 aromatic carbocycles. The van der Waals surface area contributed by atoms with Crippen LogP contribution >= 0.6 is 0 Å². The minimum atomic E-state index is -0.0571. The fourth-order valence-corrected chi connectivity index (χ4v) is 4.03. The number of methoxy groups -OCH3 is 1. The van der Waals surface area contributed by atoms with Gasteiger partial charge in [0.05, 0.1) is 18.5 Å². The molecule has 0 spiro atoms. The van der Waals surface area contributed by atoms with E-state index in [9.17, 15) is 4.79 Å². The van der Waals surface area contributed by atoms with Gasteiger partial charge in [-0.2, -0.15) is 0 Å². The molecule has 6 nitrogen and oxygen atoms in total. The molecular weight excluding hydrogens is 388 g/mol. The Morgan fingerprint density at radius 1 is 1.19 bits per heavy atom. The monoisotopic (exact) mass is 418 g/mol. The predicted octanol–water partition coefficient (Wildman–Crippen LogP) is 4.25. The Morgan fingerprint density at radius 3 is 2.77 bits per heavy atom. The number of para-hydroxylation sites is 1. The predicted molar refractivity (Wildman–Crippen MR) is 123 cm³/mol. The quantitative estimate of drug-likeness (QED) is 0.650. The number of hydrogen-bond acceptors (Lipinski definition) is 4. The van der Waals surface area contributed by atoms with Crippen molar-refractivity contribution in [1.82, 2.24) is 14.5 Å². The summed E-state index contributed by atoms with van der Waals surface area (Å²) < 4.78 is 7.71. The van der Waals surface area contributed by atoms with Crippen LogP contribution in [0.3, 0.4) is 0 Å². The van der Waals surface area contributed by atoms with E-state index in [1.165, 1.54) is 11.3 Å². The number of nitrogens with one attached hydrogen (secondary N) is 1. The zero-order valence-electron chi connectivity index (χ0n) is 18.7. The van der Waals surface area contributed by atoms with Gasteiger partial charge in [0.25, 0.3) is 0 Å². The van der Waals surface area contributed by atoms with Crippen molar-refractivity contribution in [2.45, 2.75) is 33.4 Å². The summed E-state index contributed by atoms with van der Waals surface area (Å²) in [5, 5.41) is 2.98. The molecule has 1 aliphatic rings. The Kier molecular flexibility index (Phi) is 6.09. The van der Waals surface area contributed by atoms with E-state index in [0.717, 1.165) is 54.6 Å². The normalized spacial score (nSPS) is 13.8. The van der Waals surface area contributed by atoms with Crippen molar-refractivity contribution in [2.24, 2.45) is 13.0 Å². The van der Waals surface area contributed by atoms with E-state index in [1.807, 2.05) is 50.2 Å². The summed E-state index contributed by atoms with van der Waals surface area (Å²) in [6.45, 7) is 6.44. The highest BCUT2D eigenvalue weighted by molar-refractivity contribution is 5.92. The molecule has 0 radical (unpaired) electrons. The third-order valence-electron chi connectivity index (χ3n) is 5.83. The molecule has 2 heterocycles. The zero-order chi connectivity index (χ0) is 22.0. The first-order valence-corrected chi connectivity index (χ1v) is 10.8. The molecule has 1 aromatic heterocycles. The average Bonchev–Trinajstić information content (AvgIpc) is 3.10. The Morgan fingerprint density at radius 2 is 2.00 bits per heavy atom. The maximum Gasteiger partial charge on any atom is 0.226 e. The second-order valence-corrected chi connectivity index (χ2v) is 8.39. The van der Waals surface area contributed by atoms with Crippen LogP contribution in [-0.2, 0) is 31.4 Å². The molecule has 0 fully saturated rings. The highest BCUT2D eigenvalue weighted by Crippen LogP contribution is 2.29. The van der Waals surface area contributed by atoms with Crippen LogP contribution in [0.25, 0.3) is 11.4 Å². The van der Waals surface area contributed by atoms with E-state index >= 15 is 0 Å². The lowest BCUT2D eigenvalue weighted by molar-refractivity contribution is -0.118. The van der Waals surface area contributed by atoms with Crippen LogP contribution in [-0.4, -0.2) is 34.0 Å². The summed E-state index contributed by atoms with van der Waals surface area (Å²) in [6, 6.07) is 16.1. The Labute approximate surface area is 183 Å². The second kappa shape index (κ2) is 8.94. The molecule has 0 saturated heterocycles. The van der Waals surface area contributed by atoms with Crippen LogP contribution in [0.5, 0.6) is 5.75 Å². The fraction of sp³-hybridized carbons (Fsp3) is 0.360. The number of rotatable bonds is 6. The molecule has 4 rings (SSSR count). The van der Waals surface area contributed by atoms with E-state index < -0.39 is 0 Å². The molecule has 0 aliphatic carbocycles. The molecule has 31 heavy (non-hydrogen) atoms. The molecule has 0 unspecified atom stereocenters. The number of ether oxygens (including phenoxy) is 1. The minimum Gasteiger partial charge on any atom is -0.496 e. The van der Waals surface area contributed by atoms with Gasteiger partial charge in [-0.15, -0.1) is 0 Å². The summed E-state index contributed by atoms with van der Waals surface area (Å²) in [5.41, 5.74) is 5.41. The van der Waals surface area contributed by atoms with Gasteiger partial charge in [-0.25, -0.2) is 4.98 Å². The smallest absolute Gasteiger partial charge is 0.226 e. The number of anilines is 1. The maximum absolute atomic E-state index is 12.1. The van der Waals surface area contributed by atoms with Crippen LogP contribution in [0.4, 0.5) is 5.69 Å². The van der Waals surface area contributed by atoms with Crippen LogP contribution in [0.15, 0.2) is 48.5 Å². The summed E-state index contributed by atoms with van der Waals surface area (Å²) in [6.07, 6.45) is 0.919. The van der Waals surface area contributed by atoms with Crippen molar-refractivity contribution in [2.75, 3.05) is 19.0 Å². The van der Waals surface area contributed by atoms with Crippen molar-refractivity contribution in [3.8, 4) is 17.1 Å². The van der Waals surface area contributed by atoms with E-state index in [1.54, 1.807) is 7.11 Å². The molecule has 162 valence electrons. The Balaban J connectivity index is 1.55. The van der Waals surface area contributed by atoms with Gasteiger partial charge in [-0.3, -0.25) is 9.69 Å². The number of hydrogen-bond donors (Lipinski definition) is 1. The lowest BCUT2D eigenvalue weighted by atomic mass is 10.1. The van der Waals surface area contributed by atoms with E-state index in [4.69, 9.17) is 9.72 Å². The molecular formula is C25H30N4O2. The topological polar surface area (TPSA) is 59.4 Å². The number of carbonyl (C=O) groups excluding carboxylic acids is 1. The van der Waals surface area contributed by atoms with Gasteiger partial charge in [0, 0.05) is 55.8 Å². The molecule has 1 amide bonds. The Bertz CT molecular complexity index is 1090. The fourth-order valence-electron chi connectivity index (χ4n) is 4.03. The highest BCUT2D eigenvalue weighted by atomic mass is 16.5. The van der Waals surface area contributed by atoms with Gasteiger partial charge < -0.3 is 14.6 Å². The highest BCUT2D eigenvalue weighted by Gasteiger charge is 2.24. The summed E-state index contributed by atoms with van der Waals surface area (Å²) in [7, 11) is 3.80. The molecule has 1 aliphatic heterocycles. The zero-order valence-corrected chi connectivity index (χ0v) is 18.7. The molecule has 3 aromatic rings. The first kappa shape index (κ1) is 21.1. The van der Waals surface area contributed by atoms with Crippen molar-refractivity contribution in [3.05, 3.63) is 65.5 Å². The third-order valence-corrected chi connectivity index (χ3v) is 5.83. The summed E-state index contributed by atoms with van der Waals surface area (Å²) >= 11 is 0. The maximum atomic E-state index is 12.1. The van der Waals surface area contributed by atoms with Gasteiger partial charge in [0.15, 0.2) is 0 Å². The number of nitrogens with zero attached hydrogens (tertiary/aromatic N) is 3. The van der Waals surface area contributed by atoms with Crippen LogP contribution in [0.1, 0.15) is 30.8 Å². The van der Waals surface area contributed by atoms with Crippen molar-refractivity contribution >= 4 is 11.6 Å². The van der Waals surface area contributed by atoms with Gasteiger partial charge in [-0.1, -0.05) is 44.2 Å². The Hall–Kier alpha value is -3.12.